The lowest BCUT2D eigenvalue weighted by Crippen LogP contribution is -2.43. The number of rotatable bonds is 5. The number of aromatic nitrogens is 3. The van der Waals surface area contributed by atoms with E-state index in [9.17, 15) is 18.0 Å². The van der Waals surface area contributed by atoms with Crippen LogP contribution in [-0.4, -0.2) is 31.8 Å². The van der Waals surface area contributed by atoms with Gasteiger partial charge in [0.1, 0.15) is 0 Å². The molecule has 0 unspecified atom stereocenters. The van der Waals surface area contributed by atoms with Gasteiger partial charge in [-0.2, -0.15) is 13.2 Å². The van der Waals surface area contributed by atoms with Crippen LogP contribution < -0.4 is 5.32 Å². The number of carbonyl (C=O) groups excluding carboxylic acids is 1. The van der Waals surface area contributed by atoms with Crippen molar-refractivity contribution in [3.05, 3.63) is 22.8 Å². The Morgan fingerprint density at radius 2 is 2.07 bits per heavy atom. The van der Waals surface area contributed by atoms with Gasteiger partial charge < -0.3 is 5.32 Å². The van der Waals surface area contributed by atoms with E-state index in [-0.39, 0.29) is 27.8 Å². The van der Waals surface area contributed by atoms with Crippen molar-refractivity contribution in [2.45, 2.75) is 62.2 Å². The van der Waals surface area contributed by atoms with Crippen LogP contribution in [0.5, 0.6) is 0 Å². The van der Waals surface area contributed by atoms with Gasteiger partial charge in [-0.15, -0.1) is 10.2 Å². The number of pyridine rings is 1. The smallest absolute Gasteiger partial charge is 0.352 e. The Hall–Kier alpha value is -1.48. The number of carbonyl (C=O) groups is 1. The maximum Gasteiger partial charge on any atom is 0.417 e. The number of thioether (sulfide) groups is 1. The lowest BCUT2D eigenvalue weighted by atomic mass is 9.84. The molecule has 0 saturated heterocycles. The fraction of sp³-hybridized carbons (Fsp3) is 0.632. The Balaban J connectivity index is 1.46. The molecule has 2 heterocycles. The van der Waals surface area contributed by atoms with Gasteiger partial charge in [-0.1, -0.05) is 29.8 Å². The first kappa shape index (κ1) is 20.8. The minimum atomic E-state index is -4.54. The highest BCUT2D eigenvalue weighted by molar-refractivity contribution is 8.00. The molecule has 2 fully saturated rings. The Bertz CT molecular complexity index is 934. The SMILES string of the molecule is C[C@H](Sc1nnc2c(Cl)cc(C(F)(F)F)cn12)C(=O)N[C@H](C)[C@@H]1C[C@H]2CC[C@H]1C2. The van der Waals surface area contributed by atoms with E-state index in [0.717, 1.165) is 29.9 Å². The number of halogens is 4. The highest BCUT2D eigenvalue weighted by atomic mass is 35.5. The number of hydrogen-bond donors (Lipinski definition) is 1. The number of nitrogens with one attached hydrogen (secondary N) is 1. The first-order chi connectivity index (χ1) is 13.6. The third-order valence-corrected chi connectivity index (χ3v) is 7.55. The molecule has 1 amide bonds. The molecule has 10 heteroatoms. The monoisotopic (exact) mass is 446 g/mol. The van der Waals surface area contributed by atoms with Crippen LogP contribution in [0.3, 0.4) is 0 Å². The fourth-order valence-corrected chi connectivity index (χ4v) is 5.81. The summed E-state index contributed by atoms with van der Waals surface area (Å²) in [7, 11) is 0. The van der Waals surface area contributed by atoms with E-state index < -0.39 is 17.0 Å². The molecule has 2 aliphatic rings. The molecule has 158 valence electrons. The second-order valence-electron chi connectivity index (χ2n) is 8.15. The molecule has 2 aromatic heterocycles. The van der Waals surface area contributed by atoms with Crippen molar-refractivity contribution < 1.29 is 18.0 Å². The first-order valence-electron chi connectivity index (χ1n) is 9.72. The van der Waals surface area contributed by atoms with Gasteiger partial charge in [0, 0.05) is 12.2 Å². The molecular weight excluding hydrogens is 425 g/mol. The van der Waals surface area contributed by atoms with Crippen LogP contribution in [0.2, 0.25) is 5.02 Å². The van der Waals surface area contributed by atoms with Crippen molar-refractivity contribution >= 4 is 34.9 Å². The Labute approximate surface area is 175 Å². The van der Waals surface area contributed by atoms with Crippen LogP contribution in [-0.2, 0) is 11.0 Å². The largest absolute Gasteiger partial charge is 0.417 e. The minimum absolute atomic E-state index is 0.0854. The van der Waals surface area contributed by atoms with E-state index in [2.05, 4.69) is 15.5 Å². The van der Waals surface area contributed by atoms with Crippen molar-refractivity contribution in [3.8, 4) is 0 Å². The number of hydrogen-bond acceptors (Lipinski definition) is 4. The van der Waals surface area contributed by atoms with Crippen molar-refractivity contribution in [2.75, 3.05) is 0 Å². The van der Waals surface area contributed by atoms with E-state index in [1.807, 2.05) is 6.92 Å². The number of nitrogens with zero attached hydrogens (tertiary/aromatic N) is 3. The molecule has 2 aliphatic carbocycles. The van der Waals surface area contributed by atoms with E-state index in [4.69, 9.17) is 11.6 Å². The zero-order valence-electron chi connectivity index (χ0n) is 16.0. The lowest BCUT2D eigenvalue weighted by molar-refractivity contribution is -0.137. The van der Waals surface area contributed by atoms with Crippen LogP contribution in [0.25, 0.3) is 5.65 Å². The van der Waals surface area contributed by atoms with Crippen molar-refractivity contribution in [2.24, 2.45) is 17.8 Å². The Morgan fingerprint density at radius 1 is 1.31 bits per heavy atom. The molecule has 0 radical (unpaired) electrons. The first-order valence-corrected chi connectivity index (χ1v) is 11.0. The highest BCUT2D eigenvalue weighted by Gasteiger charge is 2.42. The molecule has 5 nitrogen and oxygen atoms in total. The molecular formula is C19H22ClF3N4OS. The maximum absolute atomic E-state index is 13.1. The molecule has 5 atom stereocenters. The van der Waals surface area contributed by atoms with Gasteiger partial charge >= 0.3 is 6.18 Å². The summed E-state index contributed by atoms with van der Waals surface area (Å²) in [5, 5.41) is 10.4. The third kappa shape index (κ3) is 4.08. The van der Waals surface area contributed by atoms with E-state index in [1.165, 1.54) is 30.1 Å². The normalized spacial score (nSPS) is 26.1. The maximum atomic E-state index is 13.1. The molecule has 0 spiro atoms. The summed E-state index contributed by atoms with van der Waals surface area (Å²) in [6.07, 6.45) is 1.35. The second kappa shape index (κ2) is 7.65. The topological polar surface area (TPSA) is 59.3 Å². The number of amides is 1. The predicted molar refractivity (Wildman–Crippen MR) is 105 cm³/mol. The summed E-state index contributed by atoms with van der Waals surface area (Å²) in [6.45, 7) is 3.76. The fourth-order valence-electron chi connectivity index (χ4n) is 4.74. The van der Waals surface area contributed by atoms with Gasteiger partial charge in [0.05, 0.1) is 15.8 Å². The summed E-state index contributed by atoms with van der Waals surface area (Å²) in [4.78, 5) is 12.7. The summed E-state index contributed by atoms with van der Waals surface area (Å²) in [5.74, 6) is 1.85. The van der Waals surface area contributed by atoms with Gasteiger partial charge in [0.2, 0.25) is 5.91 Å². The zero-order chi connectivity index (χ0) is 20.9. The van der Waals surface area contributed by atoms with Crippen LogP contribution in [0.1, 0.15) is 45.1 Å². The lowest BCUT2D eigenvalue weighted by Gasteiger charge is -2.29. The molecule has 2 saturated carbocycles. The van der Waals surface area contributed by atoms with Crippen LogP contribution in [0.4, 0.5) is 13.2 Å². The second-order valence-corrected chi connectivity index (χ2v) is 9.86. The Kier molecular flexibility index (Phi) is 5.48. The Morgan fingerprint density at radius 3 is 2.69 bits per heavy atom. The van der Waals surface area contributed by atoms with Crippen LogP contribution in [0.15, 0.2) is 17.4 Å². The van der Waals surface area contributed by atoms with Crippen LogP contribution in [0, 0.1) is 17.8 Å². The van der Waals surface area contributed by atoms with Gasteiger partial charge in [-0.3, -0.25) is 9.20 Å². The van der Waals surface area contributed by atoms with Crippen LogP contribution >= 0.6 is 23.4 Å². The van der Waals surface area contributed by atoms with Gasteiger partial charge in [0.15, 0.2) is 10.8 Å². The predicted octanol–water partition coefficient (Wildman–Crippen LogP) is 4.82. The minimum Gasteiger partial charge on any atom is -0.352 e. The van der Waals surface area contributed by atoms with Gasteiger partial charge in [-0.25, -0.2) is 0 Å². The quantitative estimate of drug-likeness (QED) is 0.669. The van der Waals surface area contributed by atoms with Crippen molar-refractivity contribution in [3.63, 3.8) is 0 Å². The summed E-state index contributed by atoms with van der Waals surface area (Å²) in [5.41, 5.74) is -0.760. The van der Waals surface area contributed by atoms with Gasteiger partial charge in [0.25, 0.3) is 0 Å². The zero-order valence-corrected chi connectivity index (χ0v) is 17.6. The average Bonchev–Trinajstić information content (AvgIpc) is 3.36. The number of alkyl halides is 3. The summed E-state index contributed by atoms with van der Waals surface area (Å²) < 4.78 is 40.5. The van der Waals surface area contributed by atoms with Crippen molar-refractivity contribution in [1.29, 1.82) is 0 Å². The van der Waals surface area contributed by atoms with E-state index in [0.29, 0.717) is 11.8 Å². The van der Waals surface area contributed by atoms with E-state index >= 15 is 0 Å². The molecule has 1 N–H and O–H groups in total. The average molecular weight is 447 g/mol. The molecule has 0 aliphatic heterocycles. The highest BCUT2D eigenvalue weighted by Crippen LogP contribution is 2.49. The number of fused-ring (bicyclic) bond motifs is 3. The van der Waals surface area contributed by atoms with Gasteiger partial charge in [-0.05, 0) is 56.9 Å². The molecule has 29 heavy (non-hydrogen) atoms. The molecule has 2 bridgehead atoms. The standard InChI is InChI=1S/C19H22ClF3N4OS/c1-9(14-6-11-3-4-12(14)5-11)24-17(28)10(2)29-18-26-25-16-15(20)7-13(8-27(16)18)19(21,22)23/h7-12,14H,3-6H2,1-2H3,(H,24,28)/t9-,10+,11+,12+,14+/m1/s1. The molecule has 2 aromatic rings. The van der Waals surface area contributed by atoms with Crippen molar-refractivity contribution in [1.82, 2.24) is 19.9 Å². The van der Waals surface area contributed by atoms with E-state index in [1.54, 1.807) is 6.92 Å². The summed E-state index contributed by atoms with van der Waals surface area (Å²) in [6, 6.07) is 0.912. The molecule has 0 aromatic carbocycles. The molecule has 4 rings (SSSR count). The third-order valence-electron chi connectivity index (χ3n) is 6.21. The summed E-state index contributed by atoms with van der Waals surface area (Å²) >= 11 is 7.01.